The molecule has 1 aromatic carbocycles. The Hall–Kier alpha value is -1.67. The van der Waals surface area contributed by atoms with Crippen LogP contribution in [0.3, 0.4) is 0 Å². The van der Waals surface area contributed by atoms with Crippen LogP contribution < -0.4 is 10.5 Å². The average molecular weight is 365 g/mol. The molecule has 3 nitrogen and oxygen atoms in total. The highest BCUT2D eigenvalue weighted by Gasteiger charge is 2.35. The highest BCUT2D eigenvalue weighted by molar-refractivity contribution is 9.10. The van der Waals surface area contributed by atoms with Gasteiger partial charge in [-0.3, -0.25) is 0 Å². The number of halogens is 5. The van der Waals surface area contributed by atoms with E-state index in [4.69, 9.17) is 10.5 Å². The van der Waals surface area contributed by atoms with E-state index in [2.05, 4.69) is 20.9 Å². The maximum Gasteiger partial charge on any atom is 0.419 e. The van der Waals surface area contributed by atoms with E-state index < -0.39 is 29.2 Å². The number of pyridine rings is 1. The molecule has 2 rings (SSSR count). The van der Waals surface area contributed by atoms with Gasteiger partial charge in [-0.15, -0.1) is 0 Å². The minimum Gasteiger partial charge on any atom is -0.436 e. The lowest BCUT2D eigenvalue weighted by molar-refractivity contribution is -0.138. The van der Waals surface area contributed by atoms with Crippen LogP contribution >= 0.6 is 15.9 Å². The van der Waals surface area contributed by atoms with Gasteiger partial charge >= 0.3 is 6.18 Å². The third-order valence-corrected chi connectivity index (χ3v) is 3.00. The summed E-state index contributed by atoms with van der Waals surface area (Å²) >= 11 is 2.99. The largest absolute Gasteiger partial charge is 0.436 e. The summed E-state index contributed by atoms with van der Waals surface area (Å²) in [6.45, 7) is -0.0474. The van der Waals surface area contributed by atoms with Crippen LogP contribution in [0.15, 0.2) is 34.9 Å². The van der Waals surface area contributed by atoms with Crippen molar-refractivity contribution in [1.82, 2.24) is 4.98 Å². The van der Waals surface area contributed by atoms with Gasteiger partial charge in [0.05, 0.1) is 5.56 Å². The molecule has 0 saturated carbocycles. The number of nitrogens with zero attached hydrogens (tertiary/aromatic N) is 1. The van der Waals surface area contributed by atoms with E-state index in [1.54, 1.807) is 0 Å². The monoisotopic (exact) mass is 364 g/mol. The van der Waals surface area contributed by atoms with Gasteiger partial charge in [0.2, 0.25) is 0 Å². The van der Waals surface area contributed by atoms with Crippen molar-refractivity contribution >= 4 is 15.9 Å². The number of hydrogen-bond donors (Lipinski definition) is 1. The van der Waals surface area contributed by atoms with Crippen LogP contribution in [0.25, 0.3) is 0 Å². The Bertz CT molecular complexity index is 661. The Morgan fingerprint density at radius 1 is 1.24 bits per heavy atom. The smallest absolute Gasteiger partial charge is 0.419 e. The molecule has 0 spiro atoms. The molecule has 0 amide bonds. The molecule has 1 aromatic heterocycles. The van der Waals surface area contributed by atoms with Gasteiger partial charge in [0, 0.05) is 17.2 Å². The zero-order chi connectivity index (χ0) is 15.6. The predicted molar refractivity (Wildman–Crippen MR) is 71.3 cm³/mol. The van der Waals surface area contributed by atoms with E-state index in [0.717, 1.165) is 18.2 Å². The highest BCUT2D eigenvalue weighted by Crippen LogP contribution is 2.38. The SMILES string of the molecule is NCc1ccc(Oc2ncc(Br)cc2F)c(C(F)(F)F)c1. The summed E-state index contributed by atoms with van der Waals surface area (Å²) in [6.07, 6.45) is -3.42. The summed E-state index contributed by atoms with van der Waals surface area (Å²) in [6, 6.07) is 4.38. The molecule has 0 radical (unpaired) electrons. The summed E-state index contributed by atoms with van der Waals surface area (Å²) in [5.74, 6) is -1.95. The van der Waals surface area contributed by atoms with Crippen molar-refractivity contribution < 1.29 is 22.3 Å². The molecule has 2 aromatic rings. The van der Waals surface area contributed by atoms with Gasteiger partial charge in [0.1, 0.15) is 5.75 Å². The van der Waals surface area contributed by atoms with E-state index in [1.165, 1.54) is 12.3 Å². The summed E-state index contributed by atoms with van der Waals surface area (Å²) in [4.78, 5) is 3.60. The van der Waals surface area contributed by atoms with Crippen molar-refractivity contribution in [2.45, 2.75) is 12.7 Å². The van der Waals surface area contributed by atoms with Crippen LogP contribution in [-0.4, -0.2) is 4.98 Å². The van der Waals surface area contributed by atoms with E-state index in [-0.39, 0.29) is 6.54 Å². The van der Waals surface area contributed by atoms with Crippen molar-refractivity contribution in [3.63, 3.8) is 0 Å². The van der Waals surface area contributed by atoms with Gasteiger partial charge in [-0.2, -0.15) is 13.2 Å². The Kier molecular flexibility index (Phi) is 4.48. The van der Waals surface area contributed by atoms with Gasteiger partial charge in [0.25, 0.3) is 5.88 Å². The fraction of sp³-hybridized carbons (Fsp3) is 0.154. The van der Waals surface area contributed by atoms with Crippen molar-refractivity contribution in [3.05, 3.63) is 51.9 Å². The second-order valence-corrected chi connectivity index (χ2v) is 4.99. The van der Waals surface area contributed by atoms with E-state index in [0.29, 0.717) is 10.0 Å². The summed E-state index contributed by atoms with van der Waals surface area (Å²) in [5.41, 5.74) is 4.58. The molecule has 0 fully saturated rings. The zero-order valence-corrected chi connectivity index (χ0v) is 12.0. The number of rotatable bonds is 3. The quantitative estimate of drug-likeness (QED) is 0.828. The number of benzene rings is 1. The third kappa shape index (κ3) is 3.70. The lowest BCUT2D eigenvalue weighted by Gasteiger charge is -2.14. The lowest BCUT2D eigenvalue weighted by Crippen LogP contribution is -2.09. The lowest BCUT2D eigenvalue weighted by atomic mass is 10.1. The topological polar surface area (TPSA) is 48.1 Å². The van der Waals surface area contributed by atoms with Gasteiger partial charge < -0.3 is 10.5 Å². The zero-order valence-electron chi connectivity index (χ0n) is 10.4. The molecule has 8 heteroatoms. The van der Waals surface area contributed by atoms with Crippen LogP contribution in [0.1, 0.15) is 11.1 Å². The van der Waals surface area contributed by atoms with Crippen LogP contribution in [0.4, 0.5) is 17.6 Å². The molecule has 0 aliphatic heterocycles. The van der Waals surface area contributed by atoms with E-state index in [1.807, 2.05) is 0 Å². The van der Waals surface area contributed by atoms with Crippen molar-refractivity contribution in [1.29, 1.82) is 0 Å². The number of ether oxygens (including phenoxy) is 1. The molecule has 0 aliphatic carbocycles. The number of alkyl halides is 3. The van der Waals surface area contributed by atoms with Crippen molar-refractivity contribution in [2.24, 2.45) is 5.73 Å². The van der Waals surface area contributed by atoms with Gasteiger partial charge in [-0.05, 0) is 39.7 Å². The van der Waals surface area contributed by atoms with Crippen LogP contribution in [0.5, 0.6) is 11.6 Å². The second-order valence-electron chi connectivity index (χ2n) is 4.07. The fourth-order valence-corrected chi connectivity index (χ4v) is 1.90. The van der Waals surface area contributed by atoms with Crippen LogP contribution in [0.2, 0.25) is 0 Å². The fourth-order valence-electron chi connectivity index (χ4n) is 1.60. The van der Waals surface area contributed by atoms with Gasteiger partial charge in [0.15, 0.2) is 5.82 Å². The van der Waals surface area contributed by atoms with E-state index >= 15 is 0 Å². The number of aromatic nitrogens is 1. The minimum absolute atomic E-state index is 0.0474. The molecule has 0 bridgehead atoms. The molecule has 2 N–H and O–H groups in total. The first-order chi connectivity index (χ1) is 9.81. The first kappa shape index (κ1) is 15.7. The summed E-state index contributed by atoms with van der Waals surface area (Å²) in [5, 5.41) is 0. The third-order valence-electron chi connectivity index (χ3n) is 2.57. The van der Waals surface area contributed by atoms with Crippen LogP contribution in [-0.2, 0) is 12.7 Å². The normalized spacial score (nSPS) is 11.5. The van der Waals surface area contributed by atoms with Crippen molar-refractivity contribution in [3.8, 4) is 11.6 Å². The molecular weight excluding hydrogens is 356 g/mol. The van der Waals surface area contributed by atoms with Crippen molar-refractivity contribution in [2.75, 3.05) is 0 Å². The molecule has 1 heterocycles. The molecule has 112 valence electrons. The maximum absolute atomic E-state index is 13.6. The maximum atomic E-state index is 13.6. The van der Waals surface area contributed by atoms with E-state index in [9.17, 15) is 17.6 Å². The highest BCUT2D eigenvalue weighted by atomic mass is 79.9. The molecule has 0 aliphatic rings. The standard InChI is InChI=1S/C13H9BrF4N2O/c14-8-4-10(15)12(20-6-8)21-11-2-1-7(5-19)3-9(11)13(16,17)18/h1-4,6H,5,19H2. The Balaban J connectivity index is 2.44. The molecule has 0 atom stereocenters. The number of hydrogen-bond acceptors (Lipinski definition) is 3. The summed E-state index contributed by atoms with van der Waals surface area (Å²) < 4.78 is 57.9. The average Bonchev–Trinajstić information content (AvgIpc) is 2.41. The molecule has 0 saturated heterocycles. The first-order valence-corrected chi connectivity index (χ1v) is 6.49. The van der Waals surface area contributed by atoms with Crippen LogP contribution in [0, 0.1) is 5.82 Å². The Morgan fingerprint density at radius 3 is 2.52 bits per heavy atom. The molecular formula is C13H9BrF4N2O. The minimum atomic E-state index is -4.65. The predicted octanol–water partition coefficient (Wildman–Crippen LogP) is 4.25. The Morgan fingerprint density at radius 2 is 1.95 bits per heavy atom. The number of nitrogens with two attached hydrogens (primary N) is 1. The Labute approximate surface area is 125 Å². The molecule has 21 heavy (non-hydrogen) atoms. The molecule has 0 unspecified atom stereocenters. The first-order valence-electron chi connectivity index (χ1n) is 5.70. The van der Waals surface area contributed by atoms with Gasteiger partial charge in [-0.25, -0.2) is 9.37 Å². The second kappa shape index (κ2) is 5.98. The summed E-state index contributed by atoms with van der Waals surface area (Å²) in [7, 11) is 0. The van der Waals surface area contributed by atoms with Gasteiger partial charge in [-0.1, -0.05) is 6.07 Å².